The van der Waals surface area contributed by atoms with Gasteiger partial charge >= 0.3 is 11.9 Å². The maximum atomic E-state index is 12.2. The fourth-order valence-electron chi connectivity index (χ4n) is 5.07. The molecular weight excluding hydrogens is 608 g/mol. The van der Waals surface area contributed by atoms with Gasteiger partial charge in [-0.15, -0.1) is 0 Å². The lowest BCUT2D eigenvalue weighted by molar-refractivity contribution is -0.383. The van der Waals surface area contributed by atoms with Gasteiger partial charge in [0.1, 0.15) is 67.1 Å². The van der Waals surface area contributed by atoms with Crippen molar-refractivity contribution in [2.24, 2.45) is 0 Å². The quantitative estimate of drug-likeness (QED) is 0.117. The van der Waals surface area contributed by atoms with Crippen molar-refractivity contribution in [3.63, 3.8) is 0 Å². The van der Waals surface area contributed by atoms with E-state index < -0.39 is 128 Å². The Morgan fingerprint density at radius 2 is 1.14 bits per heavy atom. The Labute approximate surface area is 247 Å². The zero-order valence-electron chi connectivity index (χ0n) is 23.1. The Morgan fingerprint density at radius 3 is 1.73 bits per heavy atom. The fourth-order valence-corrected chi connectivity index (χ4v) is 5.07. The molecule has 11 N–H and O–H groups in total. The molecule has 4 heterocycles. The van der Waals surface area contributed by atoms with E-state index in [0.29, 0.717) is 6.08 Å². The zero-order valence-corrected chi connectivity index (χ0v) is 23.1. The minimum Gasteiger partial charge on any atom is -0.479 e. The molecule has 0 aliphatic carbocycles. The summed E-state index contributed by atoms with van der Waals surface area (Å²) in [6.45, 7) is 2.62. The molecule has 0 saturated carbocycles. The normalized spacial score (nSPS) is 49.9. The van der Waals surface area contributed by atoms with Crippen LogP contribution in [0.15, 0.2) is 11.8 Å². The van der Waals surface area contributed by atoms with Gasteiger partial charge in [-0.25, -0.2) is 9.59 Å². The maximum Gasteiger partial charge on any atom is 0.371 e. The molecule has 4 aliphatic heterocycles. The molecule has 0 spiro atoms. The minimum absolute atomic E-state index is 0.678. The van der Waals surface area contributed by atoms with Crippen molar-refractivity contribution >= 4 is 11.9 Å². The highest BCUT2D eigenvalue weighted by molar-refractivity contribution is 5.84. The van der Waals surface area contributed by atoms with Gasteiger partial charge in [0.05, 0.1) is 12.2 Å². The van der Waals surface area contributed by atoms with E-state index in [1.165, 1.54) is 13.8 Å². The SMILES string of the molecule is C[C@@H]1O[C@@H](O)[C@H](O[C@H]2O[C@H](C(=O)O)[C@H](O[C@@H]3O[C@@H](C)[C@H](O)[C@@H](O)[C@H]3O[C@H]3OC(C(=O)O)=C[C@H](O)[C@H]3O)[C@H](O)[C@H]2O)[C@H](O)[C@H]1O. The predicted molar refractivity (Wildman–Crippen MR) is 130 cm³/mol. The molecule has 0 aromatic heterocycles. The Bertz CT molecular complexity index is 1060. The van der Waals surface area contributed by atoms with Gasteiger partial charge in [0.15, 0.2) is 25.0 Å². The summed E-state index contributed by atoms with van der Waals surface area (Å²) in [5.41, 5.74) is 0. The molecular formula is C24H36O20. The van der Waals surface area contributed by atoms with E-state index in [0.717, 1.165) is 0 Å². The third-order valence-corrected chi connectivity index (χ3v) is 7.65. The second-order valence-corrected chi connectivity index (χ2v) is 10.8. The van der Waals surface area contributed by atoms with Gasteiger partial charge in [-0.3, -0.25) is 0 Å². The molecule has 0 aromatic rings. The number of rotatable bonds is 8. The van der Waals surface area contributed by atoms with Crippen LogP contribution >= 0.6 is 0 Å². The highest BCUT2D eigenvalue weighted by Crippen LogP contribution is 2.34. The summed E-state index contributed by atoms with van der Waals surface area (Å²) >= 11 is 0. The molecule has 3 fully saturated rings. The largest absolute Gasteiger partial charge is 0.479 e. The molecule has 44 heavy (non-hydrogen) atoms. The molecule has 0 radical (unpaired) electrons. The summed E-state index contributed by atoms with van der Waals surface area (Å²) < 4.78 is 37.2. The first kappa shape index (κ1) is 34.7. The van der Waals surface area contributed by atoms with Crippen LogP contribution in [0.4, 0.5) is 0 Å². The van der Waals surface area contributed by atoms with E-state index in [1.807, 2.05) is 0 Å². The summed E-state index contributed by atoms with van der Waals surface area (Å²) in [4.78, 5) is 23.5. The van der Waals surface area contributed by atoms with Crippen LogP contribution in [0.1, 0.15) is 13.8 Å². The van der Waals surface area contributed by atoms with Crippen LogP contribution in [-0.2, 0) is 42.7 Å². The summed E-state index contributed by atoms with van der Waals surface area (Å²) in [5, 5.41) is 113. The Morgan fingerprint density at radius 1 is 0.614 bits per heavy atom. The monoisotopic (exact) mass is 644 g/mol. The second-order valence-electron chi connectivity index (χ2n) is 10.8. The summed E-state index contributed by atoms with van der Waals surface area (Å²) in [7, 11) is 0. The number of aliphatic hydroxyl groups is 9. The van der Waals surface area contributed by atoms with Crippen LogP contribution < -0.4 is 0 Å². The lowest BCUT2D eigenvalue weighted by atomic mass is 9.96. The lowest BCUT2D eigenvalue weighted by Crippen LogP contribution is -2.67. The molecule has 4 aliphatic rings. The van der Waals surface area contributed by atoms with Crippen LogP contribution in [-0.4, -0.2) is 179 Å². The smallest absolute Gasteiger partial charge is 0.371 e. The Hall–Kier alpha value is -2.12. The van der Waals surface area contributed by atoms with Gasteiger partial charge in [0.25, 0.3) is 0 Å². The first-order chi connectivity index (χ1) is 20.5. The minimum atomic E-state index is -2.18. The van der Waals surface area contributed by atoms with E-state index in [-0.39, 0.29) is 0 Å². The number of hydrogen-bond acceptors (Lipinski definition) is 18. The van der Waals surface area contributed by atoms with E-state index in [2.05, 4.69) is 0 Å². The number of ether oxygens (including phenoxy) is 7. The van der Waals surface area contributed by atoms with Crippen LogP contribution in [0.25, 0.3) is 0 Å². The molecule has 0 amide bonds. The maximum absolute atomic E-state index is 12.2. The fraction of sp³-hybridized carbons (Fsp3) is 0.833. The lowest BCUT2D eigenvalue weighted by Gasteiger charge is -2.48. The number of hydrogen-bond donors (Lipinski definition) is 11. The third kappa shape index (κ3) is 6.84. The Kier molecular flexibility index (Phi) is 10.8. The van der Waals surface area contributed by atoms with Crippen molar-refractivity contribution in [2.75, 3.05) is 0 Å². The highest BCUT2D eigenvalue weighted by Gasteiger charge is 2.55. The van der Waals surface area contributed by atoms with Crippen LogP contribution in [0.3, 0.4) is 0 Å². The standard InChI is InChI=1S/C24H36O20/c1-4-8(26)11(29)16(21(37)38-4)42-23-14(32)13(31)15(18(44-23)20(35)36)41-24-17(12(30)9(27)5(2)39-24)43-22-10(28)6(25)3-7(40-22)19(33)34/h3-6,8-18,21-32,37H,1-2H3,(H,33,34)(H,35,36)/t4-,5-,6-,8-,9-,10+,11+,12+,13+,14+,15+,16+,17+,18-,21+,22+,23-,24-/m0/s1. The number of carboxylic acid groups (broad SMARTS) is 2. The topological polar surface area (TPSA) is 321 Å². The first-order valence-corrected chi connectivity index (χ1v) is 13.4. The van der Waals surface area contributed by atoms with Crippen molar-refractivity contribution < 1.29 is 98.9 Å². The average molecular weight is 645 g/mol. The van der Waals surface area contributed by atoms with Gasteiger partial charge < -0.3 is 89.3 Å². The molecule has 20 heteroatoms. The van der Waals surface area contributed by atoms with Gasteiger partial charge in [0, 0.05) is 0 Å². The van der Waals surface area contributed by atoms with Crippen LogP contribution in [0.5, 0.6) is 0 Å². The molecule has 252 valence electrons. The molecule has 18 atom stereocenters. The van der Waals surface area contributed by atoms with Crippen molar-refractivity contribution in [1.29, 1.82) is 0 Å². The van der Waals surface area contributed by atoms with Crippen molar-refractivity contribution in [3.05, 3.63) is 11.8 Å². The van der Waals surface area contributed by atoms with E-state index in [4.69, 9.17) is 33.2 Å². The van der Waals surface area contributed by atoms with E-state index in [1.54, 1.807) is 0 Å². The molecule has 3 saturated heterocycles. The number of aliphatic hydroxyl groups excluding tert-OH is 9. The average Bonchev–Trinajstić information content (AvgIpc) is 2.95. The molecule has 0 bridgehead atoms. The third-order valence-electron chi connectivity index (χ3n) is 7.65. The number of aliphatic carboxylic acids is 2. The van der Waals surface area contributed by atoms with Gasteiger partial charge in [-0.05, 0) is 19.9 Å². The van der Waals surface area contributed by atoms with Gasteiger partial charge in [-0.1, -0.05) is 0 Å². The Balaban J connectivity index is 1.54. The van der Waals surface area contributed by atoms with Crippen molar-refractivity contribution in [1.82, 2.24) is 0 Å². The predicted octanol–water partition coefficient (Wildman–Crippen LogP) is -6.35. The van der Waals surface area contributed by atoms with Crippen LogP contribution in [0, 0.1) is 0 Å². The van der Waals surface area contributed by atoms with E-state index in [9.17, 15) is 65.8 Å². The van der Waals surface area contributed by atoms with Crippen molar-refractivity contribution in [3.8, 4) is 0 Å². The number of carboxylic acids is 2. The molecule has 0 aromatic carbocycles. The summed E-state index contributed by atoms with van der Waals surface area (Å²) in [6, 6.07) is 0. The first-order valence-electron chi connectivity index (χ1n) is 13.4. The van der Waals surface area contributed by atoms with E-state index >= 15 is 0 Å². The summed E-state index contributed by atoms with van der Waals surface area (Å²) in [5.74, 6) is -4.26. The molecule has 4 rings (SSSR count). The molecule has 20 nitrogen and oxygen atoms in total. The van der Waals surface area contributed by atoms with Gasteiger partial charge in [0.2, 0.25) is 12.0 Å². The van der Waals surface area contributed by atoms with Gasteiger partial charge in [-0.2, -0.15) is 0 Å². The number of carbonyl (C=O) groups is 2. The highest BCUT2D eigenvalue weighted by atomic mass is 16.8. The second kappa shape index (κ2) is 13.7. The summed E-state index contributed by atoms with van der Waals surface area (Å²) in [6.07, 6.45) is -32.2. The van der Waals surface area contributed by atoms with Crippen LogP contribution in [0.2, 0.25) is 0 Å². The van der Waals surface area contributed by atoms with Crippen molar-refractivity contribution in [2.45, 2.75) is 124 Å². The zero-order chi connectivity index (χ0) is 32.8. The molecule has 0 unspecified atom stereocenters.